The molecule has 0 N–H and O–H groups in total. The molecule has 29 heavy (non-hydrogen) atoms. The number of unbranched alkanes of at least 4 members (excludes halogenated alkanes) is 10. The molecule has 0 atom stereocenters. The summed E-state index contributed by atoms with van der Waals surface area (Å²) in [5.74, 6) is -1.21. The van der Waals surface area contributed by atoms with E-state index < -0.39 is 5.97 Å². The predicted octanol–water partition coefficient (Wildman–Crippen LogP) is 5.90. The smallest absolute Gasteiger partial charge is 0.330 e. The lowest BCUT2D eigenvalue weighted by molar-refractivity contribution is -0.463. The van der Waals surface area contributed by atoms with Crippen LogP contribution in [0, 0.1) is 5.41 Å². The molecule has 3 aliphatic heterocycles. The molecular formula is C23H39BrO5. The Kier molecular flexibility index (Phi) is 11.8. The lowest BCUT2D eigenvalue weighted by atomic mass is 9.88. The van der Waals surface area contributed by atoms with Crippen molar-refractivity contribution in [1.29, 1.82) is 0 Å². The molecule has 5 nitrogen and oxygen atoms in total. The van der Waals surface area contributed by atoms with Gasteiger partial charge in [-0.3, -0.25) is 0 Å². The van der Waals surface area contributed by atoms with Gasteiger partial charge in [0.25, 0.3) is 5.97 Å². The third-order valence-electron chi connectivity index (χ3n) is 5.72. The van der Waals surface area contributed by atoms with Gasteiger partial charge in [0.1, 0.15) is 6.61 Å². The van der Waals surface area contributed by atoms with Gasteiger partial charge in [-0.15, -0.1) is 0 Å². The summed E-state index contributed by atoms with van der Waals surface area (Å²) >= 11 is 3.23. The second kappa shape index (κ2) is 13.8. The van der Waals surface area contributed by atoms with Crippen molar-refractivity contribution in [1.82, 2.24) is 0 Å². The molecule has 3 saturated heterocycles. The first kappa shape index (κ1) is 24.8. The number of halogens is 1. The van der Waals surface area contributed by atoms with Gasteiger partial charge in [0.05, 0.1) is 25.2 Å². The number of esters is 1. The zero-order valence-electron chi connectivity index (χ0n) is 18.1. The van der Waals surface area contributed by atoms with E-state index in [0.717, 1.165) is 12.8 Å². The number of ether oxygens (including phenoxy) is 4. The van der Waals surface area contributed by atoms with E-state index in [2.05, 4.69) is 22.9 Å². The highest BCUT2D eigenvalue weighted by molar-refractivity contribution is 9.09. The highest BCUT2D eigenvalue weighted by Crippen LogP contribution is 2.41. The molecule has 0 saturated carbocycles. The van der Waals surface area contributed by atoms with Gasteiger partial charge in [0.15, 0.2) is 0 Å². The molecular weight excluding hydrogens is 436 g/mol. The minimum atomic E-state index is -0.870. The fraction of sp³-hybridized carbons (Fsp3) is 0.870. The van der Waals surface area contributed by atoms with E-state index in [1.165, 1.54) is 70.3 Å². The van der Waals surface area contributed by atoms with Crippen molar-refractivity contribution in [3.63, 3.8) is 0 Å². The minimum absolute atomic E-state index is 0.345. The van der Waals surface area contributed by atoms with Gasteiger partial charge in [-0.25, -0.2) is 4.79 Å². The highest BCUT2D eigenvalue weighted by atomic mass is 79.9. The maximum atomic E-state index is 11.7. The van der Waals surface area contributed by atoms with Crippen LogP contribution in [0.4, 0.5) is 0 Å². The van der Waals surface area contributed by atoms with E-state index in [-0.39, 0.29) is 11.4 Å². The third-order valence-corrected chi connectivity index (χ3v) is 6.04. The number of fused-ring (bicyclic) bond motifs is 3. The number of carbonyl (C=O) groups excluding carboxylic acids is 1. The van der Waals surface area contributed by atoms with Gasteiger partial charge < -0.3 is 18.9 Å². The first-order valence-electron chi connectivity index (χ1n) is 11.5. The highest BCUT2D eigenvalue weighted by Gasteiger charge is 2.51. The van der Waals surface area contributed by atoms with Crippen molar-refractivity contribution in [3.8, 4) is 0 Å². The van der Waals surface area contributed by atoms with Gasteiger partial charge in [0.2, 0.25) is 0 Å². The van der Waals surface area contributed by atoms with Crippen LogP contribution in [0.2, 0.25) is 0 Å². The summed E-state index contributed by atoms with van der Waals surface area (Å²) in [6, 6.07) is 0. The fourth-order valence-electron chi connectivity index (χ4n) is 3.81. The minimum Gasteiger partial charge on any atom is -0.462 e. The fourth-order valence-corrected chi connectivity index (χ4v) is 3.97. The van der Waals surface area contributed by atoms with Gasteiger partial charge in [0, 0.05) is 17.8 Å². The van der Waals surface area contributed by atoms with Gasteiger partial charge >= 0.3 is 5.97 Å². The van der Waals surface area contributed by atoms with Crippen LogP contribution in [-0.2, 0) is 23.7 Å². The van der Waals surface area contributed by atoms with Crippen molar-refractivity contribution >= 4 is 21.9 Å². The lowest BCUT2D eigenvalue weighted by Crippen LogP contribution is -2.59. The molecule has 3 aliphatic rings. The molecule has 0 amide bonds. The van der Waals surface area contributed by atoms with Crippen molar-refractivity contribution in [2.45, 2.75) is 89.9 Å². The Morgan fingerprint density at radius 1 is 0.897 bits per heavy atom. The van der Waals surface area contributed by atoms with Gasteiger partial charge in [-0.2, -0.15) is 0 Å². The van der Waals surface area contributed by atoms with Crippen LogP contribution in [-0.4, -0.2) is 43.7 Å². The predicted molar refractivity (Wildman–Crippen MR) is 118 cm³/mol. The second-order valence-corrected chi connectivity index (χ2v) is 9.18. The lowest BCUT2D eigenvalue weighted by Gasteiger charge is -2.50. The van der Waals surface area contributed by atoms with Crippen LogP contribution in [0.3, 0.4) is 0 Å². The van der Waals surface area contributed by atoms with E-state index in [4.69, 9.17) is 18.9 Å². The molecule has 2 bridgehead atoms. The van der Waals surface area contributed by atoms with E-state index in [0.29, 0.717) is 31.8 Å². The maximum absolute atomic E-state index is 11.7. The van der Waals surface area contributed by atoms with Crippen LogP contribution < -0.4 is 0 Å². The second-order valence-electron chi connectivity index (χ2n) is 8.39. The average molecular weight is 475 g/mol. The molecule has 0 radical (unpaired) electrons. The topological polar surface area (TPSA) is 54.0 Å². The van der Waals surface area contributed by atoms with Crippen molar-refractivity contribution in [2.24, 2.45) is 5.41 Å². The van der Waals surface area contributed by atoms with Crippen LogP contribution in [0.1, 0.15) is 84.0 Å². The summed E-state index contributed by atoms with van der Waals surface area (Å²) in [7, 11) is 0. The Labute approximate surface area is 185 Å². The molecule has 0 unspecified atom stereocenters. The first-order valence-corrected chi connectivity index (χ1v) is 12.6. The monoisotopic (exact) mass is 474 g/mol. The molecule has 0 aromatic rings. The summed E-state index contributed by atoms with van der Waals surface area (Å²) in [6.07, 6.45) is 18.5. The SMILES string of the molecule is CCCCCCCCCCCCCC12OCC(/C=C/C(=O)OCCBr)(CO1)CO2. The maximum Gasteiger partial charge on any atom is 0.330 e. The summed E-state index contributed by atoms with van der Waals surface area (Å²) in [5.41, 5.74) is -0.383. The van der Waals surface area contributed by atoms with Gasteiger partial charge in [-0.05, 0) is 6.42 Å². The van der Waals surface area contributed by atoms with Crippen molar-refractivity contribution in [2.75, 3.05) is 31.8 Å². The van der Waals surface area contributed by atoms with Crippen LogP contribution in [0.15, 0.2) is 12.2 Å². The van der Waals surface area contributed by atoms with Crippen molar-refractivity contribution < 1.29 is 23.7 Å². The Hall–Kier alpha value is -0.430. The molecule has 6 heteroatoms. The van der Waals surface area contributed by atoms with Crippen LogP contribution in [0.5, 0.6) is 0 Å². The van der Waals surface area contributed by atoms with Crippen LogP contribution in [0.25, 0.3) is 0 Å². The largest absolute Gasteiger partial charge is 0.462 e. The number of rotatable bonds is 16. The quantitative estimate of drug-likeness (QED) is 0.120. The summed E-state index contributed by atoms with van der Waals surface area (Å²) in [4.78, 5) is 11.7. The number of hydrogen-bond donors (Lipinski definition) is 0. The zero-order chi connectivity index (χ0) is 20.8. The Balaban J connectivity index is 1.53. The van der Waals surface area contributed by atoms with E-state index in [9.17, 15) is 4.79 Å². The molecule has 3 rings (SSSR count). The van der Waals surface area contributed by atoms with E-state index >= 15 is 0 Å². The molecule has 0 aromatic carbocycles. The molecule has 3 heterocycles. The third kappa shape index (κ3) is 9.07. The Bertz CT molecular complexity index is 469. The molecule has 3 fully saturated rings. The average Bonchev–Trinajstić information content (AvgIpc) is 2.76. The number of carbonyl (C=O) groups is 1. The Morgan fingerprint density at radius 3 is 1.93 bits per heavy atom. The molecule has 0 spiro atoms. The molecule has 0 aromatic heterocycles. The van der Waals surface area contributed by atoms with Crippen LogP contribution >= 0.6 is 15.9 Å². The van der Waals surface area contributed by atoms with Crippen molar-refractivity contribution in [3.05, 3.63) is 12.2 Å². The zero-order valence-corrected chi connectivity index (χ0v) is 19.7. The molecule has 0 aliphatic carbocycles. The van der Waals surface area contributed by atoms with Gasteiger partial charge in [-0.1, -0.05) is 93.1 Å². The standard InChI is InChI=1S/C23H39BrO5/c1-2-3-4-5-6-7-8-9-10-11-12-14-23-27-18-22(19-28-23,20-29-23)15-13-21(25)26-17-16-24/h13,15H,2-12,14,16-20H2,1H3/b15-13+. The Morgan fingerprint density at radius 2 is 1.41 bits per heavy atom. The summed E-state index contributed by atoms with van der Waals surface area (Å²) in [5, 5.41) is 0.634. The first-order chi connectivity index (χ1) is 14.1. The van der Waals surface area contributed by atoms with E-state index in [1.807, 2.05) is 6.08 Å². The number of alkyl halides is 1. The number of hydrogen-bond acceptors (Lipinski definition) is 5. The van der Waals surface area contributed by atoms with E-state index in [1.54, 1.807) is 0 Å². The normalized spacial score (nSPS) is 26.3. The summed E-state index contributed by atoms with van der Waals surface area (Å²) < 4.78 is 22.8. The molecule has 168 valence electrons. The summed E-state index contributed by atoms with van der Waals surface area (Å²) in [6.45, 7) is 4.19.